The largest absolute Gasteiger partial charge is 0.396 e. The van der Waals surface area contributed by atoms with Crippen LogP contribution in [0.3, 0.4) is 0 Å². The molecule has 0 aromatic heterocycles. The van der Waals surface area contributed by atoms with Crippen LogP contribution in [0.1, 0.15) is 0 Å². The van der Waals surface area contributed by atoms with Crippen LogP contribution in [-0.4, -0.2) is 0 Å². The molecule has 0 aliphatic carbocycles. The molecule has 1 rings (SSSR count). The number of nitrogens with two attached hydrogens (primary N) is 2. The zero-order chi connectivity index (χ0) is 8.43. The highest BCUT2D eigenvalue weighted by molar-refractivity contribution is 9.10. The normalized spacial score (nSPS) is 9.73. The van der Waals surface area contributed by atoms with Gasteiger partial charge in [-0.05, 0) is 28.1 Å². The molecule has 60 valence electrons. The molecule has 0 aliphatic heterocycles. The van der Waals surface area contributed by atoms with E-state index in [0.717, 1.165) is 0 Å². The number of anilines is 2. The molecule has 5 N–H and O–H groups in total. The van der Waals surface area contributed by atoms with Gasteiger partial charge >= 0.3 is 0 Å². The van der Waals surface area contributed by atoms with Crippen molar-refractivity contribution in [3.8, 4) is 0 Å². The Balaban J connectivity index is 3.25. The van der Waals surface area contributed by atoms with Gasteiger partial charge in [-0.3, -0.25) is 5.84 Å². The van der Waals surface area contributed by atoms with Gasteiger partial charge in [0.25, 0.3) is 0 Å². The number of halogens is 2. The first-order valence-corrected chi connectivity index (χ1v) is 3.66. The summed E-state index contributed by atoms with van der Waals surface area (Å²) in [7, 11) is 0. The van der Waals surface area contributed by atoms with E-state index in [2.05, 4.69) is 21.4 Å². The highest BCUT2D eigenvalue weighted by atomic mass is 79.9. The fraction of sp³-hybridized carbons (Fsp3) is 0. The third kappa shape index (κ3) is 1.44. The summed E-state index contributed by atoms with van der Waals surface area (Å²) >= 11 is 2.98. The van der Waals surface area contributed by atoms with Crippen LogP contribution in [0.2, 0.25) is 0 Å². The minimum absolute atomic E-state index is 0.230. The van der Waals surface area contributed by atoms with E-state index in [0.29, 0.717) is 5.69 Å². The van der Waals surface area contributed by atoms with Crippen LogP contribution >= 0.6 is 15.9 Å². The number of hydrazine groups is 1. The molecule has 11 heavy (non-hydrogen) atoms. The summed E-state index contributed by atoms with van der Waals surface area (Å²) in [5, 5.41) is 0. The summed E-state index contributed by atoms with van der Waals surface area (Å²) in [4.78, 5) is 0. The van der Waals surface area contributed by atoms with Gasteiger partial charge < -0.3 is 11.2 Å². The number of nitrogens with one attached hydrogen (secondary N) is 1. The second-order valence-corrected chi connectivity index (χ2v) is 2.76. The monoisotopic (exact) mass is 219 g/mol. The minimum atomic E-state index is -0.401. The summed E-state index contributed by atoms with van der Waals surface area (Å²) in [6.45, 7) is 0. The smallest absolute Gasteiger partial charge is 0.139 e. The second-order valence-electron chi connectivity index (χ2n) is 1.97. The number of hydrogen-bond acceptors (Lipinski definition) is 3. The molecule has 0 spiro atoms. The van der Waals surface area contributed by atoms with Crippen molar-refractivity contribution in [3.05, 3.63) is 22.4 Å². The van der Waals surface area contributed by atoms with Crippen LogP contribution in [0.5, 0.6) is 0 Å². The van der Waals surface area contributed by atoms with Crippen molar-refractivity contribution in [2.24, 2.45) is 5.84 Å². The lowest BCUT2D eigenvalue weighted by Gasteiger charge is -2.05. The van der Waals surface area contributed by atoms with Gasteiger partial charge in [-0.15, -0.1) is 0 Å². The quantitative estimate of drug-likeness (QED) is 0.381. The minimum Gasteiger partial charge on any atom is -0.396 e. The lowest BCUT2D eigenvalue weighted by molar-refractivity contribution is 0.622. The molecular weight excluding hydrogens is 213 g/mol. The van der Waals surface area contributed by atoms with Gasteiger partial charge in [0.05, 0.1) is 15.8 Å². The van der Waals surface area contributed by atoms with E-state index in [4.69, 9.17) is 11.6 Å². The van der Waals surface area contributed by atoms with E-state index in [1.807, 2.05) is 0 Å². The molecular formula is C6H7BrFN3. The molecule has 0 atom stereocenters. The Morgan fingerprint density at radius 1 is 1.45 bits per heavy atom. The summed E-state index contributed by atoms with van der Waals surface area (Å²) in [5.41, 5.74) is 8.58. The van der Waals surface area contributed by atoms with Gasteiger partial charge in [0.1, 0.15) is 5.82 Å². The van der Waals surface area contributed by atoms with E-state index >= 15 is 0 Å². The Morgan fingerprint density at radius 3 is 2.64 bits per heavy atom. The Labute approximate surface area is 71.7 Å². The van der Waals surface area contributed by atoms with E-state index in [1.54, 1.807) is 0 Å². The van der Waals surface area contributed by atoms with Crippen LogP contribution < -0.4 is 17.0 Å². The summed E-state index contributed by atoms with van der Waals surface area (Å²) < 4.78 is 12.9. The van der Waals surface area contributed by atoms with Crippen molar-refractivity contribution in [2.45, 2.75) is 0 Å². The second kappa shape index (κ2) is 3.06. The molecule has 5 heteroatoms. The number of rotatable bonds is 1. The lowest BCUT2D eigenvalue weighted by atomic mass is 10.3. The van der Waals surface area contributed by atoms with Gasteiger partial charge in [-0.1, -0.05) is 0 Å². The standard InChI is InChI=1S/C6H7BrFN3/c7-5-3(8)1-2-4(11-10)6(5)9/h1-2,11H,9-10H2. The fourth-order valence-electron chi connectivity index (χ4n) is 0.692. The molecule has 0 aliphatic rings. The molecule has 0 unspecified atom stereocenters. The number of hydrogen-bond donors (Lipinski definition) is 3. The van der Waals surface area contributed by atoms with Crippen LogP contribution in [0.4, 0.5) is 15.8 Å². The zero-order valence-corrected chi connectivity index (χ0v) is 7.15. The van der Waals surface area contributed by atoms with Crippen LogP contribution in [-0.2, 0) is 0 Å². The molecule has 0 saturated carbocycles. The molecule has 3 nitrogen and oxygen atoms in total. The number of benzene rings is 1. The molecule has 1 aromatic rings. The Morgan fingerprint density at radius 2 is 2.09 bits per heavy atom. The van der Waals surface area contributed by atoms with E-state index in [1.165, 1.54) is 12.1 Å². The Hall–Kier alpha value is -0.810. The molecule has 0 amide bonds. The fourth-order valence-corrected chi connectivity index (χ4v) is 1.04. The molecule has 0 bridgehead atoms. The van der Waals surface area contributed by atoms with E-state index in [-0.39, 0.29) is 10.2 Å². The molecule has 0 fully saturated rings. The highest BCUT2D eigenvalue weighted by Crippen LogP contribution is 2.29. The first-order chi connectivity index (χ1) is 5.16. The maximum absolute atomic E-state index is 12.7. The van der Waals surface area contributed by atoms with Crippen molar-refractivity contribution in [3.63, 3.8) is 0 Å². The van der Waals surface area contributed by atoms with Crippen molar-refractivity contribution < 1.29 is 4.39 Å². The topological polar surface area (TPSA) is 64.1 Å². The first kappa shape index (κ1) is 8.29. The predicted molar refractivity (Wildman–Crippen MR) is 46.3 cm³/mol. The highest BCUT2D eigenvalue weighted by Gasteiger charge is 2.06. The van der Waals surface area contributed by atoms with Crippen molar-refractivity contribution >= 4 is 27.3 Å². The molecule has 0 radical (unpaired) electrons. The predicted octanol–water partition coefficient (Wildman–Crippen LogP) is 1.46. The van der Waals surface area contributed by atoms with Gasteiger partial charge in [-0.2, -0.15) is 0 Å². The Kier molecular flexibility index (Phi) is 2.31. The van der Waals surface area contributed by atoms with Gasteiger partial charge in [0, 0.05) is 0 Å². The van der Waals surface area contributed by atoms with Crippen LogP contribution in [0.15, 0.2) is 16.6 Å². The average molecular weight is 220 g/mol. The van der Waals surface area contributed by atoms with Crippen LogP contribution in [0.25, 0.3) is 0 Å². The van der Waals surface area contributed by atoms with Crippen molar-refractivity contribution in [1.29, 1.82) is 0 Å². The maximum atomic E-state index is 12.7. The number of nitrogen functional groups attached to an aromatic ring is 2. The third-order valence-electron chi connectivity index (χ3n) is 1.29. The SMILES string of the molecule is NNc1ccc(F)c(Br)c1N. The first-order valence-electron chi connectivity index (χ1n) is 2.87. The third-order valence-corrected chi connectivity index (χ3v) is 2.09. The van der Waals surface area contributed by atoms with Gasteiger partial charge in [-0.25, -0.2) is 4.39 Å². The molecule has 0 heterocycles. The lowest BCUT2D eigenvalue weighted by Crippen LogP contribution is -2.09. The molecule has 1 aromatic carbocycles. The van der Waals surface area contributed by atoms with Crippen molar-refractivity contribution in [2.75, 3.05) is 11.2 Å². The van der Waals surface area contributed by atoms with E-state index < -0.39 is 5.82 Å². The summed E-state index contributed by atoms with van der Waals surface area (Å²) in [5.74, 6) is 4.69. The van der Waals surface area contributed by atoms with E-state index in [9.17, 15) is 4.39 Å². The Bertz CT molecular complexity index is 277. The maximum Gasteiger partial charge on any atom is 0.139 e. The summed E-state index contributed by atoms with van der Waals surface area (Å²) in [6.07, 6.45) is 0. The van der Waals surface area contributed by atoms with Gasteiger partial charge in [0.15, 0.2) is 0 Å². The average Bonchev–Trinajstić information content (AvgIpc) is 2.01. The zero-order valence-electron chi connectivity index (χ0n) is 5.57. The van der Waals surface area contributed by atoms with Gasteiger partial charge in [0.2, 0.25) is 0 Å². The molecule has 0 saturated heterocycles. The van der Waals surface area contributed by atoms with Crippen molar-refractivity contribution in [1.82, 2.24) is 0 Å². The summed E-state index contributed by atoms with van der Waals surface area (Å²) in [6, 6.07) is 2.74. The van der Waals surface area contributed by atoms with Crippen LogP contribution in [0, 0.1) is 5.82 Å².